The number of carbonyl (C=O) groups excluding carboxylic acids is 3. The number of rotatable bonds is 6. The zero-order valence-electron chi connectivity index (χ0n) is 18.5. The summed E-state index contributed by atoms with van der Waals surface area (Å²) in [5.41, 5.74) is -0.814. The van der Waals surface area contributed by atoms with E-state index in [1.54, 1.807) is 41.5 Å². The van der Waals surface area contributed by atoms with Gasteiger partial charge in [-0.1, -0.05) is 30.3 Å². The predicted molar refractivity (Wildman–Crippen MR) is 109 cm³/mol. The number of hydrogen-bond acceptors (Lipinski definition) is 6. The van der Waals surface area contributed by atoms with E-state index in [-0.39, 0.29) is 5.78 Å². The molecule has 0 aromatic heterocycles. The van der Waals surface area contributed by atoms with Gasteiger partial charge in [-0.25, -0.2) is 9.59 Å². The number of hydrogen-bond donors (Lipinski definition) is 0. The Balaban J connectivity index is 3.20. The van der Waals surface area contributed by atoms with Gasteiger partial charge in [0.25, 0.3) is 0 Å². The first-order chi connectivity index (χ1) is 13.3. The standard InChI is InChI=1S/C22H33NO6/c1-16(24)12-11-15-18(17-13-9-8-10-14-17)23(19(25)27-21(2,3)4)29-20(26)28-22(5,6)7/h8-10,13-14,18H,11-12,15H2,1-7H3. The largest absolute Gasteiger partial charge is 0.534 e. The van der Waals surface area contributed by atoms with Crippen molar-refractivity contribution in [3.8, 4) is 0 Å². The van der Waals surface area contributed by atoms with Gasteiger partial charge in [-0.2, -0.15) is 0 Å². The minimum Gasteiger partial charge on any atom is -0.442 e. The van der Waals surface area contributed by atoms with Crippen LogP contribution in [-0.2, 0) is 19.1 Å². The zero-order valence-corrected chi connectivity index (χ0v) is 18.5. The van der Waals surface area contributed by atoms with Gasteiger partial charge in [0.15, 0.2) is 0 Å². The third-order valence-electron chi connectivity index (χ3n) is 3.61. The molecule has 0 saturated carbocycles. The summed E-state index contributed by atoms with van der Waals surface area (Å²) in [6.07, 6.45) is -0.522. The third kappa shape index (κ3) is 9.96. The molecule has 0 aliphatic carbocycles. The predicted octanol–water partition coefficient (Wildman–Crippen LogP) is 5.59. The molecule has 0 bridgehead atoms. The van der Waals surface area contributed by atoms with Crippen LogP contribution in [0.1, 0.15) is 79.3 Å². The molecule has 0 aliphatic heterocycles. The Hall–Kier alpha value is -2.57. The Morgan fingerprint density at radius 3 is 1.97 bits per heavy atom. The first-order valence-corrected chi connectivity index (χ1v) is 9.76. The van der Waals surface area contributed by atoms with E-state index in [4.69, 9.17) is 14.3 Å². The van der Waals surface area contributed by atoms with E-state index in [0.717, 1.165) is 10.6 Å². The normalized spacial score (nSPS) is 12.7. The molecule has 0 radical (unpaired) electrons. The SMILES string of the molecule is CC(=O)CCCC(c1ccccc1)N(OC(=O)OC(C)(C)C)C(=O)OC(C)(C)C. The van der Waals surface area contributed by atoms with Crippen LogP contribution in [0.3, 0.4) is 0 Å². The number of hydroxylamine groups is 2. The van der Waals surface area contributed by atoms with Gasteiger partial charge in [0.1, 0.15) is 17.0 Å². The van der Waals surface area contributed by atoms with E-state index in [0.29, 0.717) is 19.3 Å². The minimum atomic E-state index is -1.00. The minimum absolute atomic E-state index is 0.0497. The molecule has 0 aliphatic rings. The molecule has 0 N–H and O–H groups in total. The maximum absolute atomic E-state index is 12.9. The van der Waals surface area contributed by atoms with Crippen LogP contribution < -0.4 is 0 Å². The lowest BCUT2D eigenvalue weighted by Crippen LogP contribution is -2.42. The summed E-state index contributed by atoms with van der Waals surface area (Å²) in [4.78, 5) is 41.9. The van der Waals surface area contributed by atoms with Crippen molar-refractivity contribution in [2.24, 2.45) is 0 Å². The summed E-state index contributed by atoms with van der Waals surface area (Å²) < 4.78 is 10.7. The van der Waals surface area contributed by atoms with E-state index in [1.807, 2.05) is 30.3 Å². The lowest BCUT2D eigenvalue weighted by atomic mass is 10.00. The number of carbonyl (C=O) groups is 3. The molecule has 1 unspecified atom stereocenters. The molecule has 0 saturated heterocycles. The summed E-state index contributed by atoms with van der Waals surface area (Å²) >= 11 is 0. The highest BCUT2D eigenvalue weighted by molar-refractivity contribution is 5.75. The van der Waals surface area contributed by atoms with Crippen molar-refractivity contribution in [1.29, 1.82) is 0 Å². The molecule has 162 valence electrons. The Kier molecular flexibility index (Phi) is 8.67. The summed E-state index contributed by atoms with van der Waals surface area (Å²) in [5, 5.41) is 0.912. The van der Waals surface area contributed by atoms with Crippen LogP contribution in [-0.4, -0.2) is 34.3 Å². The molecular formula is C22H33NO6. The zero-order chi connectivity index (χ0) is 22.2. The molecule has 7 nitrogen and oxygen atoms in total. The lowest BCUT2D eigenvalue weighted by Gasteiger charge is -2.32. The molecule has 1 rings (SSSR count). The van der Waals surface area contributed by atoms with Crippen molar-refractivity contribution in [1.82, 2.24) is 5.06 Å². The van der Waals surface area contributed by atoms with Crippen LogP contribution in [0.5, 0.6) is 0 Å². The molecule has 1 aromatic carbocycles. The van der Waals surface area contributed by atoms with Crippen molar-refractivity contribution >= 4 is 18.0 Å². The van der Waals surface area contributed by atoms with E-state index in [2.05, 4.69) is 0 Å². The van der Waals surface area contributed by atoms with E-state index in [9.17, 15) is 14.4 Å². The number of Topliss-reactive ketones (excluding diaryl/α,β-unsaturated/α-hetero) is 1. The maximum Gasteiger partial charge on any atom is 0.534 e. The first kappa shape index (κ1) is 24.5. The highest BCUT2D eigenvalue weighted by Gasteiger charge is 2.34. The monoisotopic (exact) mass is 407 g/mol. The average Bonchev–Trinajstić information content (AvgIpc) is 2.54. The number of amides is 1. The van der Waals surface area contributed by atoms with Gasteiger partial charge in [-0.15, -0.1) is 5.06 Å². The van der Waals surface area contributed by atoms with E-state index >= 15 is 0 Å². The van der Waals surface area contributed by atoms with Crippen LogP contribution in [0.4, 0.5) is 9.59 Å². The summed E-state index contributed by atoms with van der Waals surface area (Å²) in [5.74, 6) is 0.0497. The number of nitrogens with zero attached hydrogens (tertiary/aromatic N) is 1. The fourth-order valence-corrected chi connectivity index (χ4v) is 2.52. The molecule has 0 spiro atoms. The van der Waals surface area contributed by atoms with Crippen molar-refractivity contribution in [3.05, 3.63) is 35.9 Å². The van der Waals surface area contributed by atoms with Gasteiger partial charge >= 0.3 is 12.2 Å². The van der Waals surface area contributed by atoms with E-state index < -0.39 is 29.5 Å². The summed E-state index contributed by atoms with van der Waals surface area (Å²) in [6, 6.07) is 8.53. The molecular weight excluding hydrogens is 374 g/mol. The third-order valence-corrected chi connectivity index (χ3v) is 3.61. The number of ether oxygens (including phenoxy) is 2. The Labute approximate surface area is 173 Å². The Morgan fingerprint density at radius 2 is 1.48 bits per heavy atom. The number of benzene rings is 1. The molecule has 1 aromatic rings. The van der Waals surface area contributed by atoms with Crippen LogP contribution >= 0.6 is 0 Å². The molecule has 0 heterocycles. The Bertz CT molecular complexity index is 687. The topological polar surface area (TPSA) is 82.1 Å². The quantitative estimate of drug-likeness (QED) is 0.451. The van der Waals surface area contributed by atoms with Crippen molar-refractivity contribution < 1.29 is 28.7 Å². The van der Waals surface area contributed by atoms with Gasteiger partial charge in [-0.3, -0.25) is 4.84 Å². The van der Waals surface area contributed by atoms with E-state index in [1.165, 1.54) is 6.92 Å². The summed E-state index contributed by atoms with van der Waals surface area (Å²) in [6.45, 7) is 11.8. The maximum atomic E-state index is 12.9. The molecule has 1 atom stereocenters. The van der Waals surface area contributed by atoms with Gasteiger partial charge < -0.3 is 14.3 Å². The molecule has 1 amide bonds. The molecule has 29 heavy (non-hydrogen) atoms. The molecule has 0 fully saturated rings. The fourth-order valence-electron chi connectivity index (χ4n) is 2.52. The van der Waals surface area contributed by atoms with Crippen molar-refractivity contribution in [2.45, 2.75) is 85.0 Å². The lowest BCUT2D eigenvalue weighted by molar-refractivity contribution is -0.158. The summed E-state index contributed by atoms with van der Waals surface area (Å²) in [7, 11) is 0. The second kappa shape index (κ2) is 10.3. The van der Waals surface area contributed by atoms with Gasteiger partial charge in [0.2, 0.25) is 0 Å². The first-order valence-electron chi connectivity index (χ1n) is 9.76. The van der Waals surface area contributed by atoms with Gasteiger partial charge in [0.05, 0.1) is 6.04 Å². The van der Waals surface area contributed by atoms with Crippen molar-refractivity contribution in [3.63, 3.8) is 0 Å². The second-order valence-corrected chi connectivity index (χ2v) is 8.88. The van der Waals surface area contributed by atoms with Crippen LogP contribution in [0, 0.1) is 0 Å². The highest BCUT2D eigenvalue weighted by atomic mass is 16.8. The van der Waals surface area contributed by atoms with Gasteiger partial charge in [0, 0.05) is 6.42 Å². The average molecular weight is 408 g/mol. The van der Waals surface area contributed by atoms with Crippen LogP contribution in [0.15, 0.2) is 30.3 Å². The fraction of sp³-hybridized carbons (Fsp3) is 0.591. The van der Waals surface area contributed by atoms with Gasteiger partial charge in [-0.05, 0) is 66.9 Å². The smallest absolute Gasteiger partial charge is 0.442 e. The van der Waals surface area contributed by atoms with Crippen LogP contribution in [0.25, 0.3) is 0 Å². The number of ketones is 1. The van der Waals surface area contributed by atoms with Crippen molar-refractivity contribution in [2.75, 3.05) is 0 Å². The van der Waals surface area contributed by atoms with Crippen LogP contribution in [0.2, 0.25) is 0 Å². The second-order valence-electron chi connectivity index (χ2n) is 8.88. The Morgan fingerprint density at radius 1 is 0.931 bits per heavy atom. The highest BCUT2D eigenvalue weighted by Crippen LogP contribution is 2.29. The molecule has 7 heteroatoms.